The molecule has 1 fully saturated rings. The zero-order chi connectivity index (χ0) is 18.6. The minimum atomic E-state index is -0.739. The van der Waals surface area contributed by atoms with E-state index in [2.05, 4.69) is 11.4 Å². The summed E-state index contributed by atoms with van der Waals surface area (Å²) in [4.78, 5) is 13.4. The van der Waals surface area contributed by atoms with Gasteiger partial charge in [0.2, 0.25) is 0 Å². The Morgan fingerprint density at radius 2 is 1.96 bits per heavy atom. The fraction of sp³-hybridized carbons (Fsp3) is 0.579. The van der Waals surface area contributed by atoms with Gasteiger partial charge in [-0.2, -0.15) is 5.26 Å². The van der Waals surface area contributed by atoms with Crippen LogP contribution in [-0.4, -0.2) is 39.3 Å². The average molecular weight is 346 g/mol. The van der Waals surface area contributed by atoms with E-state index in [0.29, 0.717) is 24.6 Å². The second-order valence-electron chi connectivity index (χ2n) is 7.08. The molecule has 0 aliphatic heterocycles. The van der Waals surface area contributed by atoms with Gasteiger partial charge in [-0.25, -0.2) is 0 Å². The Morgan fingerprint density at radius 1 is 1.36 bits per heavy atom. The summed E-state index contributed by atoms with van der Waals surface area (Å²) in [7, 11) is 5.20. The fourth-order valence-electron chi connectivity index (χ4n) is 3.09. The van der Waals surface area contributed by atoms with Crippen molar-refractivity contribution in [3.05, 3.63) is 23.3 Å². The molecule has 1 aliphatic carbocycles. The predicted molar refractivity (Wildman–Crippen MR) is 94.6 cm³/mol. The average Bonchev–Trinajstić information content (AvgIpc) is 3.41. The van der Waals surface area contributed by atoms with Gasteiger partial charge in [-0.05, 0) is 50.3 Å². The highest BCUT2D eigenvalue weighted by atomic mass is 16.5. The highest BCUT2D eigenvalue weighted by molar-refractivity contribution is 5.78. The molecule has 0 aromatic heterocycles. The maximum absolute atomic E-state index is 12.3. The normalized spacial score (nSPS) is 17.1. The number of aryl methyl sites for hydroxylation is 1. The molecular weight excluding hydrogens is 318 g/mol. The Kier molecular flexibility index (Phi) is 5.91. The van der Waals surface area contributed by atoms with Crippen LogP contribution in [0.1, 0.15) is 30.9 Å². The van der Waals surface area contributed by atoms with Gasteiger partial charge in [-0.3, -0.25) is 4.79 Å². The summed E-state index contributed by atoms with van der Waals surface area (Å²) in [5.41, 5.74) is 1.46. The van der Waals surface area contributed by atoms with E-state index < -0.39 is 5.54 Å². The molecule has 6 heteroatoms. The van der Waals surface area contributed by atoms with Crippen LogP contribution in [0.15, 0.2) is 12.1 Å². The molecule has 0 heterocycles. The summed E-state index contributed by atoms with van der Waals surface area (Å²) < 4.78 is 10.7. The number of carbonyl (C=O) groups excluding carboxylic acids is 1. The van der Waals surface area contributed by atoms with Crippen molar-refractivity contribution in [1.82, 2.24) is 5.32 Å². The van der Waals surface area contributed by atoms with Crippen molar-refractivity contribution < 1.29 is 19.2 Å². The lowest BCUT2D eigenvalue weighted by atomic mass is 9.98. The molecule has 0 saturated heterocycles. The van der Waals surface area contributed by atoms with Crippen LogP contribution in [0.4, 0.5) is 0 Å². The van der Waals surface area contributed by atoms with Crippen molar-refractivity contribution in [2.75, 3.05) is 27.8 Å². The molecule has 2 atom stereocenters. The number of nitriles is 1. The number of hydrogen-bond acceptors (Lipinski definition) is 4. The minimum Gasteiger partial charge on any atom is -0.493 e. The second kappa shape index (κ2) is 7.75. The smallest absolute Gasteiger partial charge is 0.276 e. The van der Waals surface area contributed by atoms with Gasteiger partial charge in [0.05, 0.1) is 27.3 Å². The lowest BCUT2D eigenvalue weighted by molar-refractivity contribution is -0.885. The number of carbonyl (C=O) groups is 1. The van der Waals surface area contributed by atoms with Gasteiger partial charge >= 0.3 is 0 Å². The number of nitrogens with zero attached hydrogens (tertiary/aromatic N) is 1. The van der Waals surface area contributed by atoms with Gasteiger partial charge in [-0.15, -0.1) is 0 Å². The lowest BCUT2D eigenvalue weighted by Crippen LogP contribution is -3.09. The van der Waals surface area contributed by atoms with E-state index >= 15 is 0 Å². The summed E-state index contributed by atoms with van der Waals surface area (Å²) in [6.07, 6.45) is 2.02. The number of amides is 1. The Hall–Kier alpha value is -2.26. The van der Waals surface area contributed by atoms with E-state index in [1.54, 1.807) is 14.2 Å². The Labute approximate surface area is 149 Å². The monoisotopic (exact) mass is 346 g/mol. The molecule has 6 nitrogen and oxygen atoms in total. The third-order valence-electron chi connectivity index (χ3n) is 4.82. The van der Waals surface area contributed by atoms with Crippen LogP contribution in [0.3, 0.4) is 0 Å². The number of methoxy groups -OCH3 is 2. The summed E-state index contributed by atoms with van der Waals surface area (Å²) in [5, 5.41) is 12.3. The first-order chi connectivity index (χ1) is 11.8. The molecule has 136 valence electrons. The van der Waals surface area contributed by atoms with Crippen molar-refractivity contribution >= 4 is 5.91 Å². The van der Waals surface area contributed by atoms with Crippen LogP contribution in [0, 0.1) is 24.2 Å². The zero-order valence-electron chi connectivity index (χ0n) is 15.7. The van der Waals surface area contributed by atoms with Gasteiger partial charge in [0.15, 0.2) is 18.0 Å². The first kappa shape index (κ1) is 19.1. The summed E-state index contributed by atoms with van der Waals surface area (Å²) in [6, 6.07) is 6.16. The summed E-state index contributed by atoms with van der Waals surface area (Å²) in [6.45, 7) is 4.84. The molecule has 1 aromatic rings. The molecule has 1 saturated carbocycles. The largest absolute Gasteiger partial charge is 0.493 e. The number of hydrogen-bond donors (Lipinski definition) is 2. The maximum atomic E-state index is 12.3. The van der Waals surface area contributed by atoms with E-state index in [1.165, 1.54) is 0 Å². The van der Waals surface area contributed by atoms with Gasteiger partial charge in [0.1, 0.15) is 12.1 Å². The van der Waals surface area contributed by atoms with Crippen molar-refractivity contribution in [1.29, 1.82) is 5.26 Å². The zero-order valence-corrected chi connectivity index (χ0v) is 15.7. The third kappa shape index (κ3) is 4.64. The van der Waals surface area contributed by atoms with Crippen molar-refractivity contribution in [3.8, 4) is 17.6 Å². The van der Waals surface area contributed by atoms with Crippen molar-refractivity contribution in [3.63, 3.8) is 0 Å². The quantitative estimate of drug-likeness (QED) is 0.731. The van der Waals surface area contributed by atoms with Crippen molar-refractivity contribution in [2.24, 2.45) is 5.92 Å². The fourth-order valence-corrected chi connectivity index (χ4v) is 3.09. The van der Waals surface area contributed by atoms with E-state index in [4.69, 9.17) is 9.47 Å². The van der Waals surface area contributed by atoms with Gasteiger partial charge in [0.25, 0.3) is 5.91 Å². The molecule has 0 spiro atoms. The molecule has 1 aliphatic rings. The maximum Gasteiger partial charge on any atom is 0.276 e. The predicted octanol–water partition coefficient (Wildman–Crippen LogP) is 0.835. The highest BCUT2D eigenvalue weighted by Crippen LogP contribution is 2.39. The first-order valence-corrected chi connectivity index (χ1v) is 8.58. The molecule has 25 heavy (non-hydrogen) atoms. The van der Waals surface area contributed by atoms with Gasteiger partial charge in [-0.1, -0.05) is 0 Å². The van der Waals surface area contributed by atoms with Gasteiger partial charge < -0.3 is 19.7 Å². The molecule has 1 aromatic carbocycles. The third-order valence-corrected chi connectivity index (χ3v) is 4.82. The number of likely N-dealkylation sites (N-methyl/N-ethyl adjacent to an activating group) is 1. The van der Waals surface area contributed by atoms with E-state index in [0.717, 1.165) is 28.9 Å². The highest BCUT2D eigenvalue weighted by Gasteiger charge is 2.43. The molecule has 0 radical (unpaired) electrons. The number of quaternary nitrogens is 1. The van der Waals surface area contributed by atoms with Crippen LogP contribution in [-0.2, 0) is 11.3 Å². The molecule has 2 N–H and O–H groups in total. The summed E-state index contributed by atoms with van der Waals surface area (Å²) in [5.74, 6) is 1.58. The number of nitrogens with one attached hydrogen (secondary N) is 2. The van der Waals surface area contributed by atoms with Gasteiger partial charge in [0, 0.05) is 5.56 Å². The standard InChI is InChI=1S/C19H27N3O3/c1-13-8-16(24-4)17(25-5)9-14(13)10-22(3)11-18(23)21-19(2,12-20)15-6-7-15/h8-9,15H,6-7,10-11H2,1-5H3,(H,21,23)/p+1/t19-/m0/s1. The molecule has 2 rings (SSSR count). The van der Waals surface area contributed by atoms with Crippen molar-refractivity contribution in [2.45, 2.75) is 38.8 Å². The Bertz CT molecular complexity index is 679. The van der Waals surface area contributed by atoms with E-state index in [-0.39, 0.29) is 11.8 Å². The molecular formula is C19H28N3O3+. The van der Waals surface area contributed by atoms with Crippen LogP contribution in [0.2, 0.25) is 0 Å². The van der Waals surface area contributed by atoms with E-state index in [9.17, 15) is 10.1 Å². The number of ether oxygens (including phenoxy) is 2. The Morgan fingerprint density at radius 3 is 2.48 bits per heavy atom. The number of rotatable bonds is 8. The first-order valence-electron chi connectivity index (χ1n) is 8.58. The topological polar surface area (TPSA) is 75.8 Å². The van der Waals surface area contributed by atoms with Crippen LogP contribution in [0.5, 0.6) is 11.5 Å². The molecule has 0 bridgehead atoms. The number of benzene rings is 1. The summed E-state index contributed by atoms with van der Waals surface area (Å²) >= 11 is 0. The van der Waals surface area contributed by atoms with Crippen LogP contribution < -0.4 is 19.7 Å². The molecule has 1 amide bonds. The van der Waals surface area contributed by atoms with Crippen LogP contribution >= 0.6 is 0 Å². The lowest BCUT2D eigenvalue weighted by Gasteiger charge is -2.24. The second-order valence-corrected chi connectivity index (χ2v) is 7.08. The van der Waals surface area contributed by atoms with E-state index in [1.807, 2.05) is 33.0 Å². The molecule has 1 unspecified atom stereocenters. The SMILES string of the molecule is COc1cc(C)c(C[NH+](C)CC(=O)N[C@@](C)(C#N)C2CC2)cc1OC. The minimum absolute atomic E-state index is 0.0911. The van der Waals surface area contributed by atoms with Crippen LogP contribution in [0.25, 0.3) is 0 Å². The Balaban J connectivity index is 1.99.